The largest absolute Gasteiger partial charge is 0.381 e. The molecule has 1 aromatic heterocycles. The molecule has 0 radical (unpaired) electrons. The molecule has 1 fully saturated rings. The average molecular weight is 533 g/mol. The van der Waals surface area contributed by atoms with Gasteiger partial charge in [-0.05, 0) is 84.6 Å². The van der Waals surface area contributed by atoms with E-state index >= 15 is 0 Å². The summed E-state index contributed by atoms with van der Waals surface area (Å²) in [6.45, 7) is 21.9. The number of hydrogen-bond donors (Lipinski definition) is 1. The van der Waals surface area contributed by atoms with Gasteiger partial charge in [-0.25, -0.2) is 0 Å². The zero-order valence-electron chi connectivity index (χ0n) is 26.9. The van der Waals surface area contributed by atoms with E-state index in [1.165, 1.54) is 48.8 Å². The van der Waals surface area contributed by atoms with Gasteiger partial charge in [0.15, 0.2) is 0 Å². The van der Waals surface area contributed by atoms with Crippen LogP contribution in [0.25, 0.3) is 11.1 Å². The third-order valence-corrected chi connectivity index (χ3v) is 7.81. The summed E-state index contributed by atoms with van der Waals surface area (Å²) in [6.07, 6.45) is 18.3. The molecule has 0 amide bonds. The zero-order chi connectivity index (χ0) is 30.3. The molecule has 3 nitrogen and oxygen atoms in total. The molecule has 2 aliphatic carbocycles. The lowest BCUT2D eigenvalue weighted by atomic mass is 9.59. The minimum absolute atomic E-state index is 0.186. The van der Waals surface area contributed by atoms with Crippen molar-refractivity contribution in [3.8, 4) is 35.8 Å². The lowest BCUT2D eigenvalue weighted by Crippen LogP contribution is -2.42. The third-order valence-electron chi connectivity index (χ3n) is 7.81. The van der Waals surface area contributed by atoms with Gasteiger partial charge >= 0.3 is 0 Å². The number of methoxy groups -OCH3 is 1. The van der Waals surface area contributed by atoms with Crippen LogP contribution in [-0.4, -0.2) is 24.7 Å². The molecule has 39 heavy (non-hydrogen) atoms. The minimum atomic E-state index is 0.186. The quantitative estimate of drug-likeness (QED) is 0.393. The molecule has 1 saturated carbocycles. The Morgan fingerprint density at radius 3 is 2.05 bits per heavy atom. The topological polar surface area (TPSA) is 48.1 Å². The maximum absolute atomic E-state index is 5.63. The molecule has 1 heterocycles. The number of benzene rings is 1. The number of hydrogen-bond acceptors (Lipinski definition) is 3. The standard InChI is InChI=1S/C25H29NO.C5H13N.2C2H6.C2H2/c1-5-6-18-13-21(17-26-16-18)19-7-8-20-15-25(24(2,3)23(20)14-19)11-9-22(27-4)10-12-25;1-5(2,3)4-6;3*1-2/h7-8,13-14,16-17,22H,9-12,15H2,1-4H3;4,6H2,1-3H3;2*1-2H3;1-2H. The van der Waals surface area contributed by atoms with Crippen LogP contribution in [0.4, 0.5) is 0 Å². The predicted molar refractivity (Wildman–Crippen MR) is 172 cm³/mol. The number of aromatic nitrogens is 1. The van der Waals surface area contributed by atoms with Gasteiger partial charge in [0.05, 0.1) is 6.10 Å². The second-order valence-electron chi connectivity index (χ2n) is 11.5. The first-order valence-electron chi connectivity index (χ1n) is 14.6. The average Bonchev–Trinajstić information content (AvgIpc) is 3.18. The van der Waals surface area contributed by atoms with Crippen molar-refractivity contribution in [2.45, 2.75) is 113 Å². The smallest absolute Gasteiger partial charge is 0.0571 e. The van der Waals surface area contributed by atoms with E-state index in [4.69, 9.17) is 10.5 Å². The first-order valence-corrected chi connectivity index (χ1v) is 14.6. The molecule has 0 bridgehead atoms. The van der Waals surface area contributed by atoms with E-state index in [0.29, 0.717) is 16.9 Å². The highest BCUT2D eigenvalue weighted by atomic mass is 16.5. The zero-order valence-corrected chi connectivity index (χ0v) is 26.9. The summed E-state index contributed by atoms with van der Waals surface area (Å²) in [7, 11) is 1.86. The number of terminal acetylenes is 1. The Hall–Kier alpha value is -2.59. The van der Waals surface area contributed by atoms with Crippen molar-refractivity contribution in [1.82, 2.24) is 4.98 Å². The van der Waals surface area contributed by atoms with Gasteiger partial charge in [0, 0.05) is 30.6 Å². The Morgan fingerprint density at radius 1 is 1.00 bits per heavy atom. The summed E-state index contributed by atoms with van der Waals surface area (Å²) in [4.78, 5) is 4.39. The van der Waals surface area contributed by atoms with E-state index in [9.17, 15) is 0 Å². The maximum atomic E-state index is 5.63. The summed E-state index contributed by atoms with van der Waals surface area (Å²) in [5, 5.41) is 0. The number of rotatable bonds is 2. The molecule has 216 valence electrons. The maximum Gasteiger partial charge on any atom is 0.0571 e. The molecule has 2 N–H and O–H groups in total. The number of ether oxygens (including phenoxy) is 1. The SMILES string of the molecule is C#C.CC.CC.CC#Cc1cncc(-c2ccc3c(c2)C(C)(C)C2(CCC(OC)CC2)C3)c1.CC(C)(C)CN. The Morgan fingerprint density at radius 2 is 1.56 bits per heavy atom. The molecule has 2 aliphatic rings. The van der Waals surface area contributed by atoms with Crippen LogP contribution in [0, 0.1) is 35.5 Å². The van der Waals surface area contributed by atoms with Crippen molar-refractivity contribution < 1.29 is 4.74 Å². The van der Waals surface area contributed by atoms with E-state index in [2.05, 4.69) is 88.6 Å². The Kier molecular flexibility index (Phi) is 16.0. The minimum Gasteiger partial charge on any atom is -0.381 e. The summed E-state index contributed by atoms with van der Waals surface area (Å²) in [6, 6.07) is 9.16. The van der Waals surface area contributed by atoms with Crippen LogP contribution in [0.5, 0.6) is 0 Å². The van der Waals surface area contributed by atoms with Gasteiger partial charge in [-0.15, -0.1) is 18.8 Å². The third kappa shape index (κ3) is 9.53. The highest BCUT2D eigenvalue weighted by molar-refractivity contribution is 5.67. The van der Waals surface area contributed by atoms with E-state index in [0.717, 1.165) is 17.7 Å². The van der Waals surface area contributed by atoms with Crippen LogP contribution in [0.1, 0.15) is 112 Å². The molecule has 0 unspecified atom stereocenters. The lowest BCUT2D eigenvalue weighted by molar-refractivity contribution is 0.00355. The van der Waals surface area contributed by atoms with Gasteiger partial charge in [-0.1, -0.05) is 86.4 Å². The fourth-order valence-corrected chi connectivity index (χ4v) is 5.36. The molecular formula is C36H56N2O. The Labute approximate surface area is 241 Å². The monoisotopic (exact) mass is 532 g/mol. The molecule has 2 aromatic rings. The van der Waals surface area contributed by atoms with Crippen molar-refractivity contribution in [2.75, 3.05) is 13.7 Å². The lowest BCUT2D eigenvalue weighted by Gasteiger charge is -2.46. The molecule has 0 atom stereocenters. The number of nitrogens with two attached hydrogens (primary N) is 1. The van der Waals surface area contributed by atoms with Gasteiger partial charge in [0.1, 0.15) is 0 Å². The number of nitrogens with zero attached hydrogens (tertiary/aromatic N) is 1. The van der Waals surface area contributed by atoms with Crippen LogP contribution >= 0.6 is 0 Å². The molecule has 1 spiro atoms. The number of fused-ring (bicyclic) bond motifs is 1. The summed E-state index contributed by atoms with van der Waals surface area (Å²) in [5.74, 6) is 6.08. The summed E-state index contributed by atoms with van der Waals surface area (Å²) >= 11 is 0. The van der Waals surface area contributed by atoms with Crippen molar-refractivity contribution in [3.05, 3.63) is 53.3 Å². The summed E-state index contributed by atoms with van der Waals surface area (Å²) < 4.78 is 5.63. The number of pyridine rings is 1. The van der Waals surface area contributed by atoms with E-state index in [1.807, 2.05) is 54.1 Å². The van der Waals surface area contributed by atoms with Gasteiger partial charge in [-0.2, -0.15) is 0 Å². The Bertz CT molecular complexity index is 1050. The molecular weight excluding hydrogens is 476 g/mol. The first-order chi connectivity index (χ1) is 18.5. The van der Waals surface area contributed by atoms with Gasteiger partial charge in [0.2, 0.25) is 0 Å². The Balaban J connectivity index is 0.00000104. The highest BCUT2D eigenvalue weighted by Gasteiger charge is 2.52. The molecule has 4 rings (SSSR count). The van der Waals surface area contributed by atoms with Gasteiger partial charge < -0.3 is 10.5 Å². The van der Waals surface area contributed by atoms with Crippen LogP contribution in [0.3, 0.4) is 0 Å². The first kappa shape index (κ1) is 36.4. The predicted octanol–water partition coefficient (Wildman–Crippen LogP) is 8.82. The van der Waals surface area contributed by atoms with Crippen molar-refractivity contribution in [2.24, 2.45) is 16.6 Å². The van der Waals surface area contributed by atoms with Gasteiger partial charge in [-0.3, -0.25) is 4.98 Å². The van der Waals surface area contributed by atoms with Crippen molar-refractivity contribution in [3.63, 3.8) is 0 Å². The normalized spacial score (nSPS) is 20.0. The van der Waals surface area contributed by atoms with E-state index < -0.39 is 0 Å². The fraction of sp³-hybridized carbons (Fsp3) is 0.583. The van der Waals surface area contributed by atoms with Crippen molar-refractivity contribution >= 4 is 0 Å². The van der Waals surface area contributed by atoms with Crippen LogP contribution < -0.4 is 5.73 Å². The fourth-order valence-electron chi connectivity index (χ4n) is 5.36. The second kappa shape index (κ2) is 17.2. The van der Waals surface area contributed by atoms with E-state index in [-0.39, 0.29) is 5.41 Å². The second-order valence-corrected chi connectivity index (χ2v) is 11.5. The molecule has 3 heteroatoms. The molecule has 0 aliphatic heterocycles. The van der Waals surface area contributed by atoms with Crippen LogP contribution in [0.15, 0.2) is 36.7 Å². The van der Waals surface area contributed by atoms with Crippen LogP contribution in [-0.2, 0) is 16.6 Å². The van der Waals surface area contributed by atoms with E-state index in [1.54, 1.807) is 0 Å². The van der Waals surface area contributed by atoms with Crippen LogP contribution in [0.2, 0.25) is 0 Å². The molecule has 0 saturated heterocycles. The summed E-state index contributed by atoms with van der Waals surface area (Å²) in [5.41, 5.74) is 12.6. The highest BCUT2D eigenvalue weighted by Crippen LogP contribution is 2.59. The molecule has 1 aromatic carbocycles. The van der Waals surface area contributed by atoms with Crippen molar-refractivity contribution in [1.29, 1.82) is 0 Å². The van der Waals surface area contributed by atoms with Gasteiger partial charge in [0.25, 0.3) is 0 Å².